The minimum Gasteiger partial charge on any atom is -0.317 e. The molecule has 1 aliphatic rings. The van der Waals surface area contributed by atoms with Gasteiger partial charge in [0.05, 0.1) is 13.2 Å². The largest absolute Gasteiger partial charge is 0.317 e. The van der Waals surface area contributed by atoms with E-state index < -0.39 is 23.9 Å². The molecule has 144 valence electrons. The van der Waals surface area contributed by atoms with E-state index >= 15 is 0 Å². The summed E-state index contributed by atoms with van der Waals surface area (Å²) in [6.07, 6.45) is -0.326. The van der Waals surface area contributed by atoms with Gasteiger partial charge in [0.2, 0.25) is 0 Å². The van der Waals surface area contributed by atoms with Crippen molar-refractivity contribution in [2.45, 2.75) is 31.4 Å². The van der Waals surface area contributed by atoms with Crippen LogP contribution in [0.25, 0.3) is 0 Å². The van der Waals surface area contributed by atoms with Crippen LogP contribution in [0.2, 0.25) is 15.1 Å². The molecule has 26 heavy (non-hydrogen) atoms. The van der Waals surface area contributed by atoms with Crippen LogP contribution in [0.4, 0.5) is 8.78 Å². The van der Waals surface area contributed by atoms with Crippen LogP contribution in [-0.4, -0.2) is 48.1 Å². The second-order valence-electron chi connectivity index (χ2n) is 5.92. The van der Waals surface area contributed by atoms with Crippen molar-refractivity contribution in [2.75, 3.05) is 14.2 Å². The molecule has 1 N–H and O–H groups in total. The van der Waals surface area contributed by atoms with Crippen LogP contribution in [0, 0.1) is 0 Å². The first-order valence-corrected chi connectivity index (χ1v) is 8.75. The second-order valence-corrected chi connectivity index (χ2v) is 7.17. The molecule has 1 heterocycles. The zero-order valence-electron chi connectivity index (χ0n) is 14.3. The quantitative estimate of drug-likeness (QED) is 0.697. The van der Waals surface area contributed by atoms with Gasteiger partial charge < -0.3 is 5.01 Å². The summed E-state index contributed by atoms with van der Waals surface area (Å²) in [5.74, 6) is -0.927. The molecule has 1 aliphatic heterocycles. The molecule has 0 radical (unpaired) electrons. The lowest BCUT2D eigenvalue weighted by molar-refractivity contribution is -0.198. The lowest BCUT2D eigenvalue weighted by Crippen LogP contribution is -2.62. The van der Waals surface area contributed by atoms with Gasteiger partial charge in [0.1, 0.15) is 0 Å². The number of nitrogens with zero attached hydrogens (tertiary/aromatic N) is 2. The lowest BCUT2D eigenvalue weighted by Gasteiger charge is -2.35. The van der Waals surface area contributed by atoms with Crippen molar-refractivity contribution in [3.05, 3.63) is 45.0 Å². The fourth-order valence-corrected chi connectivity index (χ4v) is 3.69. The fraction of sp³-hybridized carbons (Fsp3) is 0.438. The minimum absolute atomic E-state index is 0.188. The van der Waals surface area contributed by atoms with E-state index in [4.69, 9.17) is 39.6 Å². The Morgan fingerprint density at radius 1 is 1.35 bits per heavy atom. The van der Waals surface area contributed by atoms with Crippen molar-refractivity contribution in [3.63, 3.8) is 0 Å². The number of amides is 1. The summed E-state index contributed by atoms with van der Waals surface area (Å²) < 4.78 is 27.4. The Balaban J connectivity index is 2.27. The standard InChI is InChI=1S/C16H18Cl3F2N3O2/c1-9(6-11-12(18)7-10(17)8-13(11)19)24(26-3)15(25)16(14(20)21)4-5-23(2)22-16/h4-5,7-9,14,22H,6H2,1-3H3/t9-,16?/m1/s1. The van der Waals surface area contributed by atoms with Crippen LogP contribution >= 0.6 is 34.8 Å². The molecule has 0 aromatic heterocycles. The molecule has 2 atom stereocenters. The molecule has 2 rings (SSSR count). The van der Waals surface area contributed by atoms with E-state index in [1.54, 1.807) is 6.92 Å². The van der Waals surface area contributed by atoms with Crippen molar-refractivity contribution in [2.24, 2.45) is 0 Å². The molecular weight excluding hydrogens is 411 g/mol. The predicted octanol–water partition coefficient (Wildman–Crippen LogP) is 3.94. The van der Waals surface area contributed by atoms with Crippen LogP contribution in [0.5, 0.6) is 0 Å². The molecule has 0 bridgehead atoms. The smallest absolute Gasteiger partial charge is 0.278 e. The maximum absolute atomic E-state index is 13.7. The zero-order valence-corrected chi connectivity index (χ0v) is 16.5. The lowest BCUT2D eigenvalue weighted by atomic mass is 9.99. The monoisotopic (exact) mass is 427 g/mol. The summed E-state index contributed by atoms with van der Waals surface area (Å²) in [4.78, 5) is 18.0. The Kier molecular flexibility index (Phi) is 6.74. The number of rotatable bonds is 6. The van der Waals surface area contributed by atoms with Gasteiger partial charge in [-0.2, -0.15) is 0 Å². The number of benzene rings is 1. The fourth-order valence-electron chi connectivity index (χ4n) is 2.72. The Labute approximate surface area is 165 Å². The SMILES string of the molecule is CON(C(=O)C1(C(F)F)C=CN(C)N1)[C@H](C)Cc1c(Cl)cc(Cl)cc1Cl. The van der Waals surface area contributed by atoms with Gasteiger partial charge in [-0.15, -0.1) is 0 Å². The maximum Gasteiger partial charge on any atom is 0.278 e. The highest BCUT2D eigenvalue weighted by atomic mass is 35.5. The van der Waals surface area contributed by atoms with Crippen molar-refractivity contribution in [3.8, 4) is 0 Å². The van der Waals surface area contributed by atoms with Gasteiger partial charge in [0, 0.05) is 28.3 Å². The first-order valence-electron chi connectivity index (χ1n) is 7.61. The molecule has 1 aromatic carbocycles. The average Bonchev–Trinajstić information content (AvgIpc) is 2.95. The predicted molar refractivity (Wildman–Crippen MR) is 97.3 cm³/mol. The summed E-state index contributed by atoms with van der Waals surface area (Å²) in [6, 6.07) is 2.42. The first-order chi connectivity index (χ1) is 12.1. The Morgan fingerprint density at radius 2 is 1.92 bits per heavy atom. The highest BCUT2D eigenvalue weighted by molar-refractivity contribution is 6.39. The van der Waals surface area contributed by atoms with Crippen molar-refractivity contribution in [1.29, 1.82) is 0 Å². The van der Waals surface area contributed by atoms with Gasteiger partial charge in [-0.25, -0.2) is 19.3 Å². The number of carbonyl (C=O) groups is 1. The van der Waals surface area contributed by atoms with Crippen LogP contribution in [0.1, 0.15) is 12.5 Å². The molecule has 0 saturated heterocycles. The summed E-state index contributed by atoms with van der Waals surface area (Å²) in [6.45, 7) is 1.64. The number of carbonyl (C=O) groups excluding carboxylic acids is 1. The Morgan fingerprint density at radius 3 is 2.35 bits per heavy atom. The molecule has 1 unspecified atom stereocenters. The van der Waals surface area contributed by atoms with Gasteiger partial charge in [0.25, 0.3) is 12.3 Å². The van der Waals surface area contributed by atoms with E-state index in [0.29, 0.717) is 20.6 Å². The molecule has 1 amide bonds. The third-order valence-corrected chi connectivity index (χ3v) is 4.92. The molecule has 0 fully saturated rings. The summed E-state index contributed by atoms with van der Waals surface area (Å²) in [5.41, 5.74) is 0.800. The summed E-state index contributed by atoms with van der Waals surface area (Å²) >= 11 is 18.2. The topological polar surface area (TPSA) is 44.8 Å². The van der Waals surface area contributed by atoms with Crippen molar-refractivity contribution >= 4 is 40.7 Å². The van der Waals surface area contributed by atoms with Gasteiger partial charge in [0.15, 0.2) is 5.54 Å². The van der Waals surface area contributed by atoms with Gasteiger partial charge in [-0.1, -0.05) is 34.8 Å². The number of hydrogen-bond acceptors (Lipinski definition) is 4. The van der Waals surface area contributed by atoms with Crippen LogP contribution in [0.15, 0.2) is 24.4 Å². The van der Waals surface area contributed by atoms with E-state index in [9.17, 15) is 13.6 Å². The van der Waals surface area contributed by atoms with E-state index in [1.807, 2.05) is 0 Å². The molecule has 0 spiro atoms. The highest BCUT2D eigenvalue weighted by Crippen LogP contribution is 2.32. The molecule has 1 aromatic rings. The van der Waals surface area contributed by atoms with Gasteiger partial charge in [-0.3, -0.25) is 9.63 Å². The number of hydroxylamine groups is 2. The summed E-state index contributed by atoms with van der Waals surface area (Å²) in [5, 5.41) is 3.19. The zero-order chi connectivity index (χ0) is 19.6. The van der Waals surface area contributed by atoms with Crippen molar-refractivity contribution in [1.82, 2.24) is 15.5 Å². The van der Waals surface area contributed by atoms with E-state index in [2.05, 4.69) is 5.43 Å². The number of hydrogen-bond donors (Lipinski definition) is 1. The maximum atomic E-state index is 13.7. The van der Waals surface area contributed by atoms with Crippen LogP contribution < -0.4 is 5.43 Å². The molecule has 0 saturated carbocycles. The van der Waals surface area contributed by atoms with Crippen molar-refractivity contribution < 1.29 is 18.4 Å². The van der Waals surface area contributed by atoms with Crippen LogP contribution in [0.3, 0.4) is 0 Å². The molecular formula is C16H18Cl3F2N3O2. The summed E-state index contributed by atoms with van der Waals surface area (Å²) in [7, 11) is 2.75. The minimum atomic E-state index is -2.98. The highest BCUT2D eigenvalue weighted by Gasteiger charge is 2.51. The molecule has 0 aliphatic carbocycles. The number of nitrogens with one attached hydrogen (secondary N) is 1. The third-order valence-electron chi connectivity index (χ3n) is 4.02. The second kappa shape index (κ2) is 8.27. The van der Waals surface area contributed by atoms with E-state index in [-0.39, 0.29) is 6.42 Å². The number of halogens is 5. The van der Waals surface area contributed by atoms with Crippen LogP contribution in [-0.2, 0) is 16.1 Å². The first kappa shape index (κ1) is 21.2. The van der Waals surface area contributed by atoms with Gasteiger partial charge >= 0.3 is 0 Å². The number of alkyl halides is 2. The average molecular weight is 429 g/mol. The number of hydrazine groups is 1. The van der Waals surface area contributed by atoms with E-state index in [1.165, 1.54) is 37.5 Å². The Hall–Kier alpha value is -1.12. The van der Waals surface area contributed by atoms with E-state index in [0.717, 1.165) is 11.1 Å². The molecule has 10 heteroatoms. The third kappa shape index (κ3) is 4.07. The Bertz CT molecular complexity index is 697. The normalized spacial score (nSPS) is 20.7. The molecule has 5 nitrogen and oxygen atoms in total. The van der Waals surface area contributed by atoms with Gasteiger partial charge in [-0.05, 0) is 37.1 Å².